The van der Waals surface area contributed by atoms with Crippen LogP contribution in [0, 0.1) is 17.7 Å². The van der Waals surface area contributed by atoms with E-state index in [2.05, 4.69) is 29.4 Å². The molecule has 2 aliphatic rings. The summed E-state index contributed by atoms with van der Waals surface area (Å²) in [5, 5.41) is 7.02. The maximum absolute atomic E-state index is 13.3. The summed E-state index contributed by atoms with van der Waals surface area (Å²) in [7, 11) is 0. The van der Waals surface area contributed by atoms with Gasteiger partial charge in [-0.15, -0.1) is 0 Å². The summed E-state index contributed by atoms with van der Waals surface area (Å²) >= 11 is 5.71. The van der Waals surface area contributed by atoms with Gasteiger partial charge in [0.2, 0.25) is 5.91 Å². The summed E-state index contributed by atoms with van der Waals surface area (Å²) in [5.74, 6) is 0.933. The van der Waals surface area contributed by atoms with E-state index < -0.39 is 0 Å². The van der Waals surface area contributed by atoms with Gasteiger partial charge in [-0.2, -0.15) is 0 Å². The summed E-state index contributed by atoms with van der Waals surface area (Å²) in [5.41, 5.74) is 1.03. The van der Waals surface area contributed by atoms with Gasteiger partial charge in [0.25, 0.3) is 0 Å². The van der Waals surface area contributed by atoms with Gasteiger partial charge in [0.15, 0.2) is 5.11 Å². The van der Waals surface area contributed by atoms with Crippen molar-refractivity contribution in [2.24, 2.45) is 11.8 Å². The molecule has 0 aliphatic heterocycles. The van der Waals surface area contributed by atoms with Crippen molar-refractivity contribution < 1.29 is 9.18 Å². The summed E-state index contributed by atoms with van der Waals surface area (Å²) in [4.78, 5) is 14.8. The number of hydrogen-bond acceptors (Lipinski definition) is 2. The second kappa shape index (κ2) is 11.1. The lowest BCUT2D eigenvalue weighted by Crippen LogP contribution is -2.51. The molecule has 0 radical (unpaired) electrons. The number of nitrogens with one attached hydrogen (secondary N) is 2. The van der Waals surface area contributed by atoms with Gasteiger partial charge in [-0.1, -0.05) is 58.1 Å². The largest absolute Gasteiger partial charge is 0.353 e. The summed E-state index contributed by atoms with van der Waals surface area (Å²) in [6.07, 6.45) is 9.35. The van der Waals surface area contributed by atoms with Crippen molar-refractivity contribution in [3.05, 3.63) is 35.6 Å². The molecule has 0 aromatic heterocycles. The highest BCUT2D eigenvalue weighted by molar-refractivity contribution is 7.80. The van der Waals surface area contributed by atoms with Gasteiger partial charge in [0.05, 0.1) is 6.54 Å². The van der Waals surface area contributed by atoms with Crippen LogP contribution in [0.3, 0.4) is 0 Å². The van der Waals surface area contributed by atoms with Crippen LogP contribution in [0.2, 0.25) is 0 Å². The van der Waals surface area contributed by atoms with E-state index >= 15 is 0 Å². The van der Waals surface area contributed by atoms with Gasteiger partial charge in [0, 0.05) is 18.6 Å². The molecular weight excluding hydrogens is 397 g/mol. The van der Waals surface area contributed by atoms with E-state index in [-0.39, 0.29) is 24.3 Å². The minimum atomic E-state index is -0.230. The predicted molar refractivity (Wildman–Crippen MR) is 124 cm³/mol. The minimum absolute atomic E-state index is 0.00803. The average molecular weight is 434 g/mol. The third kappa shape index (κ3) is 6.40. The van der Waals surface area contributed by atoms with E-state index in [9.17, 15) is 9.18 Å². The quantitative estimate of drug-likeness (QED) is 0.634. The molecule has 166 valence electrons. The summed E-state index contributed by atoms with van der Waals surface area (Å²) in [6.45, 7) is 5.34. The Morgan fingerprint density at radius 2 is 1.77 bits per heavy atom. The number of thiocarbonyl (C=S) groups is 1. The molecule has 6 heteroatoms. The normalized spacial score (nSPS) is 24.8. The van der Waals surface area contributed by atoms with Crippen LogP contribution < -0.4 is 10.6 Å². The molecule has 3 rings (SSSR count). The van der Waals surface area contributed by atoms with Crippen LogP contribution in [0.15, 0.2) is 24.3 Å². The number of nitrogens with zero attached hydrogens (tertiary/aromatic N) is 1. The fourth-order valence-corrected chi connectivity index (χ4v) is 5.13. The smallest absolute Gasteiger partial charge is 0.239 e. The highest BCUT2D eigenvalue weighted by Crippen LogP contribution is 2.29. The van der Waals surface area contributed by atoms with Crippen LogP contribution in [0.1, 0.15) is 70.8 Å². The van der Waals surface area contributed by atoms with Gasteiger partial charge in [0.1, 0.15) is 5.82 Å². The van der Waals surface area contributed by atoms with Crippen LogP contribution >= 0.6 is 12.2 Å². The number of carbonyl (C=O) groups excluding carboxylic acids is 1. The first-order chi connectivity index (χ1) is 14.4. The van der Waals surface area contributed by atoms with Crippen molar-refractivity contribution in [1.29, 1.82) is 0 Å². The van der Waals surface area contributed by atoms with Crippen molar-refractivity contribution in [3.8, 4) is 0 Å². The molecule has 1 amide bonds. The number of halogens is 1. The molecule has 0 unspecified atom stereocenters. The first-order valence-corrected chi connectivity index (χ1v) is 11.9. The van der Waals surface area contributed by atoms with E-state index in [0.29, 0.717) is 29.5 Å². The number of amides is 1. The summed E-state index contributed by atoms with van der Waals surface area (Å²) in [6, 6.07) is 7.23. The monoisotopic (exact) mass is 433 g/mol. The Morgan fingerprint density at radius 1 is 1.07 bits per heavy atom. The Bertz CT molecular complexity index is 705. The first kappa shape index (κ1) is 23.0. The van der Waals surface area contributed by atoms with E-state index in [4.69, 9.17) is 12.2 Å². The molecule has 0 heterocycles. The number of carbonyl (C=O) groups is 1. The van der Waals surface area contributed by atoms with Crippen molar-refractivity contribution in [2.45, 2.75) is 83.8 Å². The molecule has 2 saturated carbocycles. The fraction of sp³-hybridized carbons (Fsp3) is 0.667. The number of hydrogen-bond donors (Lipinski definition) is 2. The Morgan fingerprint density at radius 3 is 2.47 bits per heavy atom. The fourth-order valence-electron chi connectivity index (χ4n) is 4.85. The number of benzene rings is 1. The zero-order valence-electron chi connectivity index (χ0n) is 18.3. The standard InChI is InChI=1S/C24H36FN3OS/c1-17-7-6-10-22(18(17)2)27-23(29)15-26-24(30)28(21-8-4-3-5-9-21)16-19-11-13-20(25)14-12-19/h11-14,17-18,21-22H,3-10,15-16H2,1-2H3,(H,26,30)(H,27,29)/t17-,18-,22+/m1/s1. The molecule has 0 saturated heterocycles. The lowest BCUT2D eigenvalue weighted by atomic mass is 9.78. The Balaban J connectivity index is 1.56. The average Bonchev–Trinajstić information content (AvgIpc) is 2.75. The van der Waals surface area contributed by atoms with Gasteiger partial charge >= 0.3 is 0 Å². The van der Waals surface area contributed by atoms with Crippen LogP contribution in [0.4, 0.5) is 4.39 Å². The molecule has 0 spiro atoms. The number of rotatable bonds is 6. The molecule has 2 aliphatic carbocycles. The van der Waals surface area contributed by atoms with Crippen LogP contribution in [-0.2, 0) is 11.3 Å². The van der Waals surface area contributed by atoms with Gasteiger partial charge in [-0.3, -0.25) is 4.79 Å². The second-order valence-electron chi connectivity index (χ2n) is 9.15. The Kier molecular flexibility index (Phi) is 8.49. The molecular formula is C24H36FN3OS. The zero-order valence-corrected chi connectivity index (χ0v) is 19.1. The van der Waals surface area contributed by atoms with E-state index in [1.807, 2.05) is 12.1 Å². The topological polar surface area (TPSA) is 44.4 Å². The van der Waals surface area contributed by atoms with Crippen LogP contribution in [0.25, 0.3) is 0 Å². The Labute approximate surface area is 186 Å². The third-order valence-electron chi connectivity index (χ3n) is 7.00. The zero-order chi connectivity index (χ0) is 21.5. The molecule has 1 aromatic rings. The molecule has 4 nitrogen and oxygen atoms in total. The van der Waals surface area contributed by atoms with Gasteiger partial charge < -0.3 is 15.5 Å². The van der Waals surface area contributed by atoms with Crippen molar-refractivity contribution >= 4 is 23.2 Å². The van der Waals surface area contributed by atoms with E-state index in [0.717, 1.165) is 24.8 Å². The molecule has 0 bridgehead atoms. The van der Waals surface area contributed by atoms with Crippen molar-refractivity contribution in [2.75, 3.05) is 6.54 Å². The molecule has 30 heavy (non-hydrogen) atoms. The molecule has 3 atom stereocenters. The highest BCUT2D eigenvalue weighted by atomic mass is 32.1. The maximum atomic E-state index is 13.3. The predicted octanol–water partition coefficient (Wildman–Crippen LogP) is 4.78. The second-order valence-corrected chi connectivity index (χ2v) is 9.53. The SMILES string of the molecule is C[C@@H]1[C@H](C)CCC[C@@H]1NC(=O)CNC(=S)N(Cc1ccc(F)cc1)C1CCCCC1. The van der Waals surface area contributed by atoms with Crippen LogP contribution in [0.5, 0.6) is 0 Å². The van der Waals surface area contributed by atoms with Crippen molar-refractivity contribution in [1.82, 2.24) is 15.5 Å². The molecule has 2 fully saturated rings. The van der Waals surface area contributed by atoms with Gasteiger partial charge in [-0.25, -0.2) is 4.39 Å². The lowest BCUT2D eigenvalue weighted by molar-refractivity contribution is -0.121. The first-order valence-electron chi connectivity index (χ1n) is 11.5. The molecule has 2 N–H and O–H groups in total. The molecule has 1 aromatic carbocycles. The summed E-state index contributed by atoms with van der Waals surface area (Å²) < 4.78 is 13.3. The lowest BCUT2D eigenvalue weighted by Gasteiger charge is -2.37. The highest BCUT2D eigenvalue weighted by Gasteiger charge is 2.28. The Hall–Kier alpha value is -1.69. The van der Waals surface area contributed by atoms with E-state index in [1.165, 1.54) is 44.2 Å². The van der Waals surface area contributed by atoms with Gasteiger partial charge in [-0.05, 0) is 61.0 Å². The van der Waals surface area contributed by atoms with Crippen molar-refractivity contribution in [3.63, 3.8) is 0 Å². The maximum Gasteiger partial charge on any atom is 0.239 e. The van der Waals surface area contributed by atoms with Crippen LogP contribution in [-0.4, -0.2) is 34.5 Å². The van der Waals surface area contributed by atoms with E-state index in [1.54, 1.807) is 0 Å². The third-order valence-corrected chi connectivity index (χ3v) is 7.37. The minimum Gasteiger partial charge on any atom is -0.353 e.